The fourth-order valence-corrected chi connectivity index (χ4v) is 2.59. The van der Waals surface area contributed by atoms with Crippen molar-refractivity contribution in [3.63, 3.8) is 0 Å². The third kappa shape index (κ3) is 5.33. The largest absolute Gasteiger partial charge is 0.379 e. The molecule has 2 nitrogen and oxygen atoms in total. The van der Waals surface area contributed by atoms with Crippen LogP contribution < -0.4 is 0 Å². The van der Waals surface area contributed by atoms with Crippen LogP contribution in [-0.4, -0.2) is 37.7 Å². The Morgan fingerprint density at radius 3 is 2.11 bits per heavy atom. The highest BCUT2D eigenvalue weighted by Crippen LogP contribution is 2.10. The van der Waals surface area contributed by atoms with Gasteiger partial charge < -0.3 is 4.74 Å². The van der Waals surface area contributed by atoms with E-state index < -0.39 is 0 Å². The van der Waals surface area contributed by atoms with Crippen molar-refractivity contribution >= 4 is 0 Å². The minimum absolute atomic E-state index is 0.909. The smallest absolute Gasteiger partial charge is 0.0594 e. The number of unbranched alkanes of at least 4 members (excludes halogenated alkanes) is 1. The summed E-state index contributed by atoms with van der Waals surface area (Å²) in [5.74, 6) is 0. The summed E-state index contributed by atoms with van der Waals surface area (Å²) in [6, 6.07) is 9.23. The maximum Gasteiger partial charge on any atom is 0.0594 e. The van der Waals surface area contributed by atoms with E-state index in [9.17, 15) is 0 Å². The summed E-state index contributed by atoms with van der Waals surface area (Å²) >= 11 is 0. The van der Waals surface area contributed by atoms with Crippen LogP contribution >= 0.6 is 0 Å². The molecule has 0 spiro atoms. The van der Waals surface area contributed by atoms with Gasteiger partial charge in [-0.1, -0.05) is 37.6 Å². The summed E-state index contributed by atoms with van der Waals surface area (Å²) < 4.78 is 5.37. The van der Waals surface area contributed by atoms with Crippen LogP contribution in [0, 0.1) is 0 Å². The van der Waals surface area contributed by atoms with Crippen molar-refractivity contribution < 1.29 is 4.74 Å². The molecule has 0 amide bonds. The molecule has 0 N–H and O–H groups in total. The average Bonchev–Trinajstić information content (AvgIpc) is 2.47. The van der Waals surface area contributed by atoms with Crippen LogP contribution in [0.4, 0.5) is 0 Å². The molecule has 0 radical (unpaired) electrons. The summed E-state index contributed by atoms with van der Waals surface area (Å²) in [4.78, 5) is 2.51. The second-order valence-corrected chi connectivity index (χ2v) is 5.48. The van der Waals surface area contributed by atoms with Crippen LogP contribution in [0.3, 0.4) is 0 Å². The van der Waals surface area contributed by atoms with Crippen LogP contribution in [0.2, 0.25) is 0 Å². The first-order chi connectivity index (χ1) is 9.38. The fraction of sp³-hybridized carbons (Fsp3) is 0.647. The van der Waals surface area contributed by atoms with Crippen LogP contribution in [0.5, 0.6) is 0 Å². The lowest BCUT2D eigenvalue weighted by Crippen LogP contribution is -2.36. The Balaban J connectivity index is 1.67. The molecule has 106 valence electrons. The van der Waals surface area contributed by atoms with E-state index in [1.54, 1.807) is 0 Å². The number of hydrogen-bond donors (Lipinski definition) is 0. The highest BCUT2D eigenvalue weighted by atomic mass is 16.5. The zero-order valence-corrected chi connectivity index (χ0v) is 12.2. The average molecular weight is 261 g/mol. The number of benzene rings is 1. The van der Waals surface area contributed by atoms with Gasteiger partial charge in [-0.25, -0.2) is 0 Å². The van der Waals surface area contributed by atoms with Gasteiger partial charge >= 0.3 is 0 Å². The molecular formula is C17H27NO. The van der Waals surface area contributed by atoms with E-state index >= 15 is 0 Å². The Morgan fingerprint density at radius 2 is 1.53 bits per heavy atom. The van der Waals surface area contributed by atoms with Crippen molar-refractivity contribution in [1.29, 1.82) is 0 Å². The van der Waals surface area contributed by atoms with Crippen molar-refractivity contribution in [1.82, 2.24) is 4.90 Å². The van der Waals surface area contributed by atoms with Crippen LogP contribution in [0.25, 0.3) is 0 Å². The van der Waals surface area contributed by atoms with Crippen molar-refractivity contribution in [2.75, 3.05) is 32.8 Å². The predicted molar refractivity (Wildman–Crippen MR) is 80.6 cm³/mol. The van der Waals surface area contributed by atoms with E-state index in [1.165, 1.54) is 49.8 Å². The predicted octanol–water partition coefficient (Wildman–Crippen LogP) is 3.29. The molecule has 2 rings (SSSR count). The van der Waals surface area contributed by atoms with Gasteiger partial charge in [-0.15, -0.1) is 0 Å². The van der Waals surface area contributed by atoms with E-state index in [0.29, 0.717) is 0 Å². The van der Waals surface area contributed by atoms with Gasteiger partial charge in [0.2, 0.25) is 0 Å². The first kappa shape index (κ1) is 14.5. The zero-order valence-electron chi connectivity index (χ0n) is 12.2. The third-order valence-electron chi connectivity index (χ3n) is 3.89. The van der Waals surface area contributed by atoms with Gasteiger partial charge in [0.15, 0.2) is 0 Å². The molecule has 19 heavy (non-hydrogen) atoms. The number of hydrogen-bond acceptors (Lipinski definition) is 2. The summed E-state index contributed by atoms with van der Waals surface area (Å²) in [6.45, 7) is 7.49. The Bertz CT molecular complexity index is 341. The zero-order chi connectivity index (χ0) is 13.3. The molecule has 0 bridgehead atoms. The molecule has 0 unspecified atom stereocenters. The monoisotopic (exact) mass is 261 g/mol. The van der Waals surface area contributed by atoms with Gasteiger partial charge in [-0.3, -0.25) is 4.90 Å². The number of rotatable bonds is 7. The first-order valence-electron chi connectivity index (χ1n) is 7.76. The Kier molecular flexibility index (Phi) is 6.38. The van der Waals surface area contributed by atoms with Crippen LogP contribution in [0.1, 0.15) is 37.3 Å². The minimum atomic E-state index is 0.909. The Hall–Kier alpha value is -0.860. The molecule has 1 fully saturated rings. The standard InChI is InChI=1S/C17H27NO/c1-2-3-5-16-7-9-17(10-8-16)6-4-11-18-12-14-19-15-13-18/h7-10H,2-6,11-15H2,1H3. The third-order valence-corrected chi connectivity index (χ3v) is 3.89. The van der Waals surface area contributed by atoms with E-state index in [2.05, 4.69) is 36.1 Å². The molecule has 0 aliphatic carbocycles. The van der Waals surface area contributed by atoms with Crippen molar-refractivity contribution in [3.8, 4) is 0 Å². The van der Waals surface area contributed by atoms with E-state index in [1.807, 2.05) is 0 Å². The van der Waals surface area contributed by atoms with Gasteiger partial charge in [0.05, 0.1) is 13.2 Å². The quantitative estimate of drug-likeness (QED) is 0.747. The first-order valence-corrected chi connectivity index (χ1v) is 7.76. The number of ether oxygens (including phenoxy) is 1. The topological polar surface area (TPSA) is 12.5 Å². The molecule has 1 aliphatic rings. The van der Waals surface area contributed by atoms with Gasteiger partial charge in [0, 0.05) is 13.1 Å². The molecule has 0 saturated carbocycles. The maximum absolute atomic E-state index is 5.37. The summed E-state index contributed by atoms with van der Waals surface area (Å²) in [6.07, 6.45) is 6.27. The Labute approximate surface area is 117 Å². The van der Waals surface area contributed by atoms with Gasteiger partial charge in [-0.2, -0.15) is 0 Å². The number of aryl methyl sites for hydroxylation is 2. The maximum atomic E-state index is 5.37. The molecule has 1 aromatic rings. The molecule has 0 aromatic heterocycles. The second kappa shape index (κ2) is 8.34. The van der Waals surface area contributed by atoms with E-state index in [0.717, 1.165) is 26.3 Å². The van der Waals surface area contributed by atoms with Gasteiger partial charge in [0.25, 0.3) is 0 Å². The van der Waals surface area contributed by atoms with E-state index in [-0.39, 0.29) is 0 Å². The van der Waals surface area contributed by atoms with Crippen LogP contribution in [-0.2, 0) is 17.6 Å². The molecule has 1 saturated heterocycles. The van der Waals surface area contributed by atoms with Crippen molar-refractivity contribution in [3.05, 3.63) is 35.4 Å². The van der Waals surface area contributed by atoms with Gasteiger partial charge in [0.1, 0.15) is 0 Å². The SMILES string of the molecule is CCCCc1ccc(CCCN2CCOCC2)cc1. The van der Waals surface area contributed by atoms with Gasteiger partial charge in [-0.05, 0) is 43.4 Å². The summed E-state index contributed by atoms with van der Waals surface area (Å²) in [7, 11) is 0. The highest BCUT2D eigenvalue weighted by molar-refractivity contribution is 5.22. The Morgan fingerprint density at radius 1 is 0.947 bits per heavy atom. The lowest BCUT2D eigenvalue weighted by atomic mass is 10.0. The fourth-order valence-electron chi connectivity index (χ4n) is 2.59. The number of nitrogens with zero attached hydrogens (tertiary/aromatic N) is 1. The van der Waals surface area contributed by atoms with E-state index in [4.69, 9.17) is 4.74 Å². The molecule has 1 aromatic carbocycles. The summed E-state index contributed by atoms with van der Waals surface area (Å²) in [5.41, 5.74) is 2.97. The normalized spacial score (nSPS) is 16.7. The van der Waals surface area contributed by atoms with Crippen molar-refractivity contribution in [2.24, 2.45) is 0 Å². The summed E-state index contributed by atoms with van der Waals surface area (Å²) in [5, 5.41) is 0. The minimum Gasteiger partial charge on any atom is -0.379 e. The molecule has 1 heterocycles. The lowest BCUT2D eigenvalue weighted by molar-refractivity contribution is 0.0375. The highest BCUT2D eigenvalue weighted by Gasteiger charge is 2.09. The van der Waals surface area contributed by atoms with Crippen molar-refractivity contribution in [2.45, 2.75) is 39.0 Å². The molecule has 2 heteroatoms. The molecule has 0 atom stereocenters. The lowest BCUT2D eigenvalue weighted by Gasteiger charge is -2.26. The second-order valence-electron chi connectivity index (χ2n) is 5.48. The molecule has 1 aliphatic heterocycles. The number of morpholine rings is 1. The van der Waals surface area contributed by atoms with Crippen LogP contribution in [0.15, 0.2) is 24.3 Å². The molecular weight excluding hydrogens is 234 g/mol.